The summed E-state index contributed by atoms with van der Waals surface area (Å²) in [6, 6.07) is 0. The van der Waals surface area contributed by atoms with E-state index in [1.54, 1.807) is 0 Å². The van der Waals surface area contributed by atoms with Crippen molar-refractivity contribution in [3.8, 4) is 0 Å². The van der Waals surface area contributed by atoms with E-state index in [0.29, 0.717) is 62.3 Å². The fourth-order valence-electron chi connectivity index (χ4n) is 10.1. The molecule has 35 heteroatoms. The second-order valence-electron chi connectivity index (χ2n) is 19.7. The SMILES string of the molecule is CC(=O)O[C@@H]([C@H](OC(C)=O)[C@@H](OC(C)=O)C(=O)OC(C(C)=O)(C(=O)[C@H](OC(C)=O)[C@@H](OC(C)=O)[C@H](OC(C)=O)[C@@H](C)OC(C)=O)[C@@]1(C(C)=O)O[C@H](O[C@H]2O[C@H](CO)[C@@H](O)[C@H](O)[C@H]2O)[C@H](O)[C@](OC(C)=O)(C(C)=O)[C@@]1(OC(C)=O)C(C)=O)[C@@H](C)OC(C)=O. The molecule has 1 unspecified atom stereocenters. The van der Waals surface area contributed by atoms with Crippen molar-refractivity contribution in [1.82, 2.24) is 0 Å². The van der Waals surface area contributed by atoms with Crippen LogP contribution in [0.3, 0.4) is 0 Å². The number of Topliss-reactive ketones (excluding diaryl/α,β-unsaturated/α-hetero) is 5. The number of carbonyl (C=O) groups excluding carboxylic acids is 16. The second-order valence-corrected chi connectivity index (χ2v) is 19.7. The van der Waals surface area contributed by atoms with E-state index in [1.807, 2.05) is 0 Å². The Morgan fingerprint density at radius 3 is 1.18 bits per heavy atom. The van der Waals surface area contributed by atoms with E-state index in [4.69, 9.17) is 66.3 Å². The van der Waals surface area contributed by atoms with E-state index in [0.717, 1.165) is 27.7 Å². The van der Waals surface area contributed by atoms with Crippen molar-refractivity contribution in [1.29, 1.82) is 0 Å². The van der Waals surface area contributed by atoms with Crippen LogP contribution in [0.5, 0.6) is 0 Å². The van der Waals surface area contributed by atoms with Gasteiger partial charge in [-0.15, -0.1) is 0 Å². The van der Waals surface area contributed by atoms with Gasteiger partial charge in [0.2, 0.25) is 29.2 Å². The highest BCUT2D eigenvalue weighted by molar-refractivity contribution is 6.22. The molecule has 2 rings (SSSR count). The highest BCUT2D eigenvalue weighted by Crippen LogP contribution is 2.58. The minimum absolute atomic E-state index is 0.128. The molecule has 0 amide bonds. The maximum absolute atomic E-state index is 17.0. The molecule has 2 heterocycles. The molecular weight excluding hydrogens is 1180 g/mol. The van der Waals surface area contributed by atoms with Crippen LogP contribution in [0.2, 0.25) is 0 Å². The van der Waals surface area contributed by atoms with Crippen molar-refractivity contribution in [2.45, 2.75) is 225 Å². The molecule has 0 aromatic carbocycles. The molecule has 19 atom stereocenters. The lowest BCUT2D eigenvalue weighted by Gasteiger charge is -2.63. The maximum atomic E-state index is 17.0. The van der Waals surface area contributed by atoms with Crippen LogP contribution in [0.4, 0.5) is 0 Å². The number of aliphatic hydroxyl groups excluding tert-OH is 5. The Morgan fingerprint density at radius 1 is 0.448 bits per heavy atom. The Hall–Kier alpha value is -7.80. The van der Waals surface area contributed by atoms with Crippen LogP contribution in [-0.4, -0.2) is 241 Å². The second kappa shape index (κ2) is 30.2. The number of aliphatic hydroxyl groups is 5. The third-order valence-electron chi connectivity index (χ3n) is 13.0. The monoisotopic (exact) mass is 1250 g/mol. The summed E-state index contributed by atoms with van der Waals surface area (Å²) in [5.41, 5.74) is -19.3. The molecule has 0 aromatic rings. The van der Waals surface area contributed by atoms with Crippen LogP contribution >= 0.6 is 0 Å². The van der Waals surface area contributed by atoms with Crippen molar-refractivity contribution in [2.24, 2.45) is 0 Å². The number of ether oxygens (including phenoxy) is 14. The molecule has 0 spiro atoms. The maximum Gasteiger partial charge on any atom is 0.353 e. The van der Waals surface area contributed by atoms with Crippen LogP contribution in [0, 0.1) is 0 Å². The van der Waals surface area contributed by atoms with Gasteiger partial charge in [0.25, 0.3) is 11.2 Å². The molecule has 87 heavy (non-hydrogen) atoms. The van der Waals surface area contributed by atoms with Gasteiger partial charge in [-0.2, -0.15) is 0 Å². The predicted molar refractivity (Wildman–Crippen MR) is 270 cm³/mol. The minimum Gasteiger partial charge on any atom is -0.459 e. The summed E-state index contributed by atoms with van der Waals surface area (Å²) in [4.78, 5) is 226. The van der Waals surface area contributed by atoms with Crippen molar-refractivity contribution < 1.29 is 169 Å². The summed E-state index contributed by atoms with van der Waals surface area (Å²) in [7, 11) is 0. The van der Waals surface area contributed by atoms with E-state index in [2.05, 4.69) is 0 Å². The zero-order valence-electron chi connectivity index (χ0n) is 49.9. The summed E-state index contributed by atoms with van der Waals surface area (Å²) < 4.78 is 76.6. The zero-order chi connectivity index (χ0) is 67.5. The molecule has 0 aliphatic carbocycles. The first-order valence-corrected chi connectivity index (χ1v) is 25.8. The summed E-state index contributed by atoms with van der Waals surface area (Å²) in [5.74, 6) is -29.9. The third kappa shape index (κ3) is 15.9. The van der Waals surface area contributed by atoms with Crippen molar-refractivity contribution in [3.63, 3.8) is 0 Å². The first-order chi connectivity index (χ1) is 39.9. The Labute approximate surface area is 493 Å². The standard InChI is InChI=1S/C52H70O35/c1-18(74-24(7)58)38(76-26(9)60)40(78-28(11)62)42(80-30(13)64)44(71)49(20(3)54,86-46(73)43(81-31(14)65)41(79-29(12)63)39(77-27(10)61)19(2)75-25(8)59)52(23(6)57)51(22(5)56,85-33(16)67)50(21(4)55,84-32(15)66)45(72)48(87-52)83-47-37(70)36(69)35(68)34(17-53)82-47/h18-19,34-43,45,47-48,53,68-70,72H,17H2,1-16H3/t18-,19-,34-,35-,36+,37-,38-,39-,40+,41+,42-,43-,45+,47-,48+,49?,50-,51+,52-/m1/s1. The number of rotatable bonds is 28. The number of carbonyl (C=O) groups is 16. The average molecular weight is 1260 g/mol. The van der Waals surface area contributed by atoms with Crippen LogP contribution in [-0.2, 0) is 143 Å². The Bertz CT molecular complexity index is 2720. The van der Waals surface area contributed by atoms with Gasteiger partial charge in [-0.3, -0.25) is 71.9 Å². The lowest BCUT2D eigenvalue weighted by molar-refractivity contribution is -0.415. The van der Waals surface area contributed by atoms with Gasteiger partial charge in [0.05, 0.1) is 6.61 Å². The highest BCUT2D eigenvalue weighted by atomic mass is 16.8. The molecule has 5 N–H and O–H groups in total. The lowest BCUT2D eigenvalue weighted by Crippen LogP contribution is -2.93. The molecule has 2 fully saturated rings. The minimum atomic E-state index is -5.14. The highest BCUT2D eigenvalue weighted by Gasteiger charge is 2.91. The molecular formula is C52H70O35. The van der Waals surface area contributed by atoms with Gasteiger partial charge in [-0.25, -0.2) is 4.79 Å². The number of ketones is 5. The predicted octanol–water partition coefficient (Wildman–Crippen LogP) is -4.44. The average Bonchev–Trinajstić information content (AvgIpc) is 0.657. The molecule has 2 aliphatic rings. The van der Waals surface area contributed by atoms with Crippen molar-refractivity contribution in [2.75, 3.05) is 6.61 Å². The summed E-state index contributed by atoms with van der Waals surface area (Å²) in [6.45, 7) is 7.30. The third-order valence-corrected chi connectivity index (χ3v) is 13.0. The number of esters is 11. The molecule has 0 saturated carbocycles. The quantitative estimate of drug-likeness (QED) is 0.0280. The largest absolute Gasteiger partial charge is 0.459 e. The fraction of sp³-hybridized carbons (Fsp3) is 0.692. The van der Waals surface area contributed by atoms with E-state index in [-0.39, 0.29) is 20.8 Å². The number of hydrogen-bond donors (Lipinski definition) is 5. The smallest absolute Gasteiger partial charge is 0.353 e. The Balaban J connectivity index is 4.00. The van der Waals surface area contributed by atoms with Crippen LogP contribution in [0.25, 0.3) is 0 Å². The first kappa shape index (κ1) is 75.3. The van der Waals surface area contributed by atoms with E-state index in [1.165, 1.54) is 0 Å². The fourth-order valence-corrected chi connectivity index (χ4v) is 10.1. The van der Waals surface area contributed by atoms with E-state index >= 15 is 24.0 Å². The normalized spacial score (nSPS) is 27.6. The van der Waals surface area contributed by atoms with Crippen LogP contribution in [0.15, 0.2) is 0 Å². The van der Waals surface area contributed by atoms with Gasteiger partial charge in [0.1, 0.15) is 36.6 Å². The molecule has 0 radical (unpaired) electrons. The topological polar surface area (TPSA) is 503 Å². The van der Waals surface area contributed by atoms with Gasteiger partial charge < -0.3 is 91.8 Å². The van der Waals surface area contributed by atoms with Gasteiger partial charge in [-0.1, -0.05) is 0 Å². The Kier molecular flexibility index (Phi) is 26.1. The summed E-state index contributed by atoms with van der Waals surface area (Å²) in [6.07, 6.45) is -40.6. The van der Waals surface area contributed by atoms with Gasteiger partial charge in [0.15, 0.2) is 66.2 Å². The van der Waals surface area contributed by atoms with Crippen molar-refractivity contribution in [3.05, 3.63) is 0 Å². The summed E-state index contributed by atoms with van der Waals surface area (Å²) >= 11 is 0. The molecule has 488 valence electrons. The van der Waals surface area contributed by atoms with Gasteiger partial charge in [0, 0.05) is 69.2 Å². The molecule has 2 saturated heterocycles. The van der Waals surface area contributed by atoms with Crippen molar-refractivity contribution >= 4 is 94.6 Å². The molecule has 0 bridgehead atoms. The van der Waals surface area contributed by atoms with E-state index < -0.39 is 216 Å². The van der Waals surface area contributed by atoms with Gasteiger partial charge in [-0.05, 0) is 41.5 Å². The summed E-state index contributed by atoms with van der Waals surface area (Å²) in [5, 5.41) is 55.6. The van der Waals surface area contributed by atoms with Gasteiger partial charge >= 0.3 is 65.7 Å². The van der Waals surface area contributed by atoms with E-state index in [9.17, 15) is 78.3 Å². The lowest BCUT2D eigenvalue weighted by atomic mass is 9.53. The molecule has 0 aromatic heterocycles. The van der Waals surface area contributed by atoms with Crippen LogP contribution in [0.1, 0.15) is 111 Å². The first-order valence-electron chi connectivity index (χ1n) is 25.8. The number of hydrogen-bond acceptors (Lipinski definition) is 35. The van der Waals surface area contributed by atoms with Crippen LogP contribution < -0.4 is 0 Å². The molecule has 35 nitrogen and oxygen atoms in total. The molecule has 2 aliphatic heterocycles. The zero-order valence-corrected chi connectivity index (χ0v) is 49.9. The Morgan fingerprint density at radius 2 is 0.839 bits per heavy atom.